The van der Waals surface area contributed by atoms with Crippen LogP contribution in [0.4, 0.5) is 0 Å². The normalized spacial score (nSPS) is 34.9. The molecule has 1 aliphatic heterocycles. The SMILES string of the molecule is CC1=C(\C)CN(C)CCC(C)/C=C\1. The van der Waals surface area contributed by atoms with Gasteiger partial charge in [-0.1, -0.05) is 30.2 Å². The average Bonchev–Trinajstić information content (AvgIpc) is 2.13. The molecule has 0 radical (unpaired) electrons. The van der Waals surface area contributed by atoms with Gasteiger partial charge in [-0.2, -0.15) is 0 Å². The molecule has 0 aromatic carbocycles. The maximum Gasteiger partial charge on any atom is 0.0192 e. The number of rotatable bonds is 0. The van der Waals surface area contributed by atoms with E-state index in [0.29, 0.717) is 5.92 Å². The number of allylic oxidation sites excluding steroid dienone is 3. The van der Waals surface area contributed by atoms with Gasteiger partial charge in [-0.15, -0.1) is 0 Å². The van der Waals surface area contributed by atoms with Crippen molar-refractivity contribution in [3.05, 3.63) is 23.3 Å². The smallest absolute Gasteiger partial charge is 0.0192 e. The van der Waals surface area contributed by atoms with Crippen LogP contribution in [0.1, 0.15) is 27.2 Å². The molecule has 0 N–H and O–H groups in total. The molecule has 0 saturated heterocycles. The number of hydrogen-bond donors (Lipinski definition) is 0. The lowest BCUT2D eigenvalue weighted by Gasteiger charge is -2.17. The Morgan fingerprint density at radius 2 is 2.08 bits per heavy atom. The standard InChI is InChI=1S/C12H21N/c1-10-5-6-11(2)12(3)9-13(4)8-7-10/h5-6,10H,7-9H2,1-4H3/b6-5-,12-11-. The van der Waals surface area contributed by atoms with Crippen LogP contribution in [0.25, 0.3) is 0 Å². The molecule has 0 aromatic heterocycles. The van der Waals surface area contributed by atoms with E-state index >= 15 is 0 Å². The Morgan fingerprint density at radius 1 is 1.38 bits per heavy atom. The second-order valence-electron chi connectivity index (χ2n) is 4.33. The maximum atomic E-state index is 2.41. The molecule has 1 aliphatic rings. The molecule has 0 aromatic rings. The Bertz CT molecular complexity index is 225. The quantitative estimate of drug-likeness (QED) is 0.552. The third-order valence-electron chi connectivity index (χ3n) is 2.82. The van der Waals surface area contributed by atoms with E-state index in [1.807, 2.05) is 0 Å². The number of nitrogens with zero attached hydrogens (tertiary/aromatic N) is 1. The van der Waals surface area contributed by atoms with E-state index in [4.69, 9.17) is 0 Å². The minimum absolute atomic E-state index is 0.711. The van der Waals surface area contributed by atoms with Crippen molar-refractivity contribution in [3.8, 4) is 0 Å². The highest BCUT2D eigenvalue weighted by molar-refractivity contribution is 5.24. The van der Waals surface area contributed by atoms with Crippen LogP contribution in [0, 0.1) is 5.92 Å². The van der Waals surface area contributed by atoms with E-state index in [1.54, 1.807) is 0 Å². The van der Waals surface area contributed by atoms with Crippen molar-refractivity contribution in [2.75, 3.05) is 20.1 Å². The molecule has 0 fully saturated rings. The van der Waals surface area contributed by atoms with Gasteiger partial charge in [0.1, 0.15) is 0 Å². The zero-order valence-electron chi connectivity index (χ0n) is 9.30. The fraction of sp³-hybridized carbons (Fsp3) is 0.667. The van der Waals surface area contributed by atoms with Gasteiger partial charge in [-0.25, -0.2) is 0 Å². The van der Waals surface area contributed by atoms with Gasteiger partial charge in [0.15, 0.2) is 0 Å². The fourth-order valence-corrected chi connectivity index (χ4v) is 1.58. The Morgan fingerprint density at radius 3 is 2.77 bits per heavy atom. The fourth-order valence-electron chi connectivity index (χ4n) is 1.58. The van der Waals surface area contributed by atoms with Crippen LogP contribution >= 0.6 is 0 Å². The highest BCUT2D eigenvalue weighted by Crippen LogP contribution is 2.13. The van der Waals surface area contributed by atoms with Gasteiger partial charge in [0, 0.05) is 6.54 Å². The molecule has 74 valence electrons. The predicted molar refractivity (Wildman–Crippen MR) is 58.8 cm³/mol. The lowest BCUT2D eigenvalue weighted by molar-refractivity contribution is 0.341. The van der Waals surface area contributed by atoms with Gasteiger partial charge in [0.25, 0.3) is 0 Å². The summed E-state index contributed by atoms with van der Waals surface area (Å²) in [6.45, 7) is 9.04. The van der Waals surface area contributed by atoms with E-state index in [0.717, 1.165) is 6.54 Å². The summed E-state index contributed by atoms with van der Waals surface area (Å²) >= 11 is 0. The third kappa shape index (κ3) is 3.35. The minimum Gasteiger partial charge on any atom is -0.302 e. The van der Waals surface area contributed by atoms with Crippen molar-refractivity contribution in [3.63, 3.8) is 0 Å². The summed E-state index contributed by atoms with van der Waals surface area (Å²) in [6.07, 6.45) is 5.88. The van der Waals surface area contributed by atoms with Crippen LogP contribution in [0.15, 0.2) is 23.3 Å². The van der Waals surface area contributed by atoms with E-state index in [-0.39, 0.29) is 0 Å². The van der Waals surface area contributed by atoms with Crippen LogP contribution in [0.5, 0.6) is 0 Å². The largest absolute Gasteiger partial charge is 0.302 e. The van der Waals surface area contributed by atoms with Crippen LogP contribution in [0.2, 0.25) is 0 Å². The Kier molecular flexibility index (Phi) is 3.73. The second kappa shape index (κ2) is 4.61. The molecule has 1 atom stereocenters. The average molecular weight is 179 g/mol. The topological polar surface area (TPSA) is 3.24 Å². The zero-order valence-corrected chi connectivity index (χ0v) is 9.30. The summed E-state index contributed by atoms with van der Waals surface area (Å²) in [5, 5.41) is 0. The predicted octanol–water partition coefficient (Wildman–Crippen LogP) is 2.85. The summed E-state index contributed by atoms with van der Waals surface area (Å²) in [5.74, 6) is 0.711. The molecular formula is C12H21N. The molecule has 0 amide bonds. The Hall–Kier alpha value is -0.560. The van der Waals surface area contributed by atoms with Crippen molar-refractivity contribution >= 4 is 0 Å². The highest BCUT2D eigenvalue weighted by atomic mass is 15.1. The van der Waals surface area contributed by atoms with E-state index in [2.05, 4.69) is 44.9 Å². The molecule has 0 bridgehead atoms. The molecule has 0 spiro atoms. The minimum atomic E-state index is 0.711. The van der Waals surface area contributed by atoms with Gasteiger partial charge in [-0.05, 0) is 39.8 Å². The summed E-state index contributed by atoms with van der Waals surface area (Å²) < 4.78 is 0. The molecule has 1 unspecified atom stereocenters. The molecule has 1 heteroatoms. The third-order valence-corrected chi connectivity index (χ3v) is 2.82. The summed E-state index contributed by atoms with van der Waals surface area (Å²) in [4.78, 5) is 2.41. The molecule has 1 nitrogen and oxygen atoms in total. The number of likely N-dealkylation sites (N-methyl/N-ethyl adjacent to an activating group) is 1. The molecular weight excluding hydrogens is 158 g/mol. The first-order valence-electron chi connectivity index (χ1n) is 5.12. The van der Waals surface area contributed by atoms with Crippen LogP contribution < -0.4 is 0 Å². The van der Waals surface area contributed by atoms with Gasteiger partial charge in [0.05, 0.1) is 0 Å². The van der Waals surface area contributed by atoms with Gasteiger partial charge in [0.2, 0.25) is 0 Å². The summed E-state index contributed by atoms with van der Waals surface area (Å²) in [5.41, 5.74) is 2.92. The van der Waals surface area contributed by atoms with E-state index in [9.17, 15) is 0 Å². The first kappa shape index (κ1) is 10.5. The Labute approximate surface area is 82.1 Å². The summed E-state index contributed by atoms with van der Waals surface area (Å²) in [7, 11) is 2.20. The lowest BCUT2D eigenvalue weighted by Crippen LogP contribution is -2.22. The first-order valence-corrected chi connectivity index (χ1v) is 5.12. The molecule has 0 saturated carbocycles. The van der Waals surface area contributed by atoms with Gasteiger partial charge in [-0.3, -0.25) is 0 Å². The van der Waals surface area contributed by atoms with Crippen molar-refractivity contribution < 1.29 is 0 Å². The zero-order chi connectivity index (χ0) is 9.84. The molecule has 13 heavy (non-hydrogen) atoms. The molecule has 1 heterocycles. The maximum absolute atomic E-state index is 2.41. The van der Waals surface area contributed by atoms with Crippen molar-refractivity contribution in [1.82, 2.24) is 4.90 Å². The molecule has 1 rings (SSSR count). The molecule has 0 aliphatic carbocycles. The van der Waals surface area contributed by atoms with Crippen molar-refractivity contribution in [2.24, 2.45) is 5.92 Å². The number of hydrogen-bond acceptors (Lipinski definition) is 1. The first-order chi connectivity index (χ1) is 6.09. The van der Waals surface area contributed by atoms with Gasteiger partial charge >= 0.3 is 0 Å². The Balaban J connectivity index is 2.77. The monoisotopic (exact) mass is 179 g/mol. The van der Waals surface area contributed by atoms with Crippen molar-refractivity contribution in [2.45, 2.75) is 27.2 Å². The highest BCUT2D eigenvalue weighted by Gasteiger charge is 2.06. The van der Waals surface area contributed by atoms with Crippen LogP contribution in [0.3, 0.4) is 0 Å². The summed E-state index contributed by atoms with van der Waals surface area (Å²) in [6, 6.07) is 0. The van der Waals surface area contributed by atoms with E-state index < -0.39 is 0 Å². The van der Waals surface area contributed by atoms with E-state index in [1.165, 1.54) is 24.1 Å². The lowest BCUT2D eigenvalue weighted by atomic mass is 10.1. The van der Waals surface area contributed by atoms with Gasteiger partial charge < -0.3 is 4.90 Å². The second-order valence-corrected chi connectivity index (χ2v) is 4.33. The van der Waals surface area contributed by atoms with Crippen LogP contribution in [-0.2, 0) is 0 Å². The van der Waals surface area contributed by atoms with Crippen molar-refractivity contribution in [1.29, 1.82) is 0 Å². The van der Waals surface area contributed by atoms with Crippen LogP contribution in [-0.4, -0.2) is 25.0 Å².